The van der Waals surface area contributed by atoms with E-state index in [2.05, 4.69) is 11.9 Å². The molecule has 0 bridgehead atoms. The Morgan fingerprint density at radius 1 is 1.29 bits per heavy atom. The molecule has 4 nitrogen and oxygen atoms in total. The molecule has 0 aliphatic carbocycles. The molecule has 0 aliphatic rings. The highest BCUT2D eigenvalue weighted by Crippen LogP contribution is 2.05. The van der Waals surface area contributed by atoms with Crippen molar-refractivity contribution in [3.8, 4) is 5.75 Å². The number of aromatic nitrogens is 1. The Morgan fingerprint density at radius 3 is 2.71 bits per heavy atom. The number of hydrogen-bond donors (Lipinski definition) is 2. The molecular weight excluding hydrogens is 216 g/mol. The Morgan fingerprint density at radius 2 is 2.06 bits per heavy atom. The van der Waals surface area contributed by atoms with E-state index < -0.39 is 0 Å². The maximum Gasteiger partial charge on any atom is 0.223 e. The number of rotatable bonds is 8. The maximum absolute atomic E-state index is 11.6. The first kappa shape index (κ1) is 13.8. The fourth-order valence-corrected chi connectivity index (χ4v) is 1.62. The molecule has 0 aliphatic heterocycles. The van der Waals surface area contributed by atoms with Gasteiger partial charge in [0.15, 0.2) is 5.75 Å². The third-order valence-corrected chi connectivity index (χ3v) is 2.66. The molecule has 1 rings (SSSR count). The molecule has 96 valence electrons. The normalized spacial score (nSPS) is 10.5. The summed E-state index contributed by atoms with van der Waals surface area (Å²) in [5.41, 5.74) is 6.05. The summed E-state index contributed by atoms with van der Waals surface area (Å²) < 4.78 is 5.43. The van der Waals surface area contributed by atoms with Gasteiger partial charge in [0.1, 0.15) is 0 Å². The topological polar surface area (TPSA) is 68.1 Å². The predicted octanol–water partition coefficient (Wildman–Crippen LogP) is 2.18. The standard InChI is InChI=1S/C13H22N2O2/c1-2-3-4-5-6-7-17-13-10-15-11(9-14)8-12(13)16/h8,10H,2-7,9,14H2,1H3,(H,15,16). The minimum atomic E-state index is -0.0993. The van der Waals surface area contributed by atoms with Crippen LogP contribution in [0.25, 0.3) is 0 Å². The van der Waals surface area contributed by atoms with E-state index in [1.165, 1.54) is 25.3 Å². The number of nitrogens with one attached hydrogen (secondary N) is 1. The molecule has 1 aromatic heterocycles. The van der Waals surface area contributed by atoms with Crippen LogP contribution in [-0.2, 0) is 6.54 Å². The van der Waals surface area contributed by atoms with Crippen molar-refractivity contribution in [1.82, 2.24) is 4.98 Å². The second-order valence-corrected chi connectivity index (χ2v) is 4.15. The van der Waals surface area contributed by atoms with E-state index in [-0.39, 0.29) is 5.43 Å². The fourth-order valence-electron chi connectivity index (χ4n) is 1.62. The lowest BCUT2D eigenvalue weighted by molar-refractivity contribution is 0.300. The second kappa shape index (κ2) is 7.90. The van der Waals surface area contributed by atoms with Crippen molar-refractivity contribution in [2.75, 3.05) is 6.61 Å². The van der Waals surface area contributed by atoms with Crippen LogP contribution < -0.4 is 15.9 Å². The molecule has 0 radical (unpaired) electrons. The first-order valence-corrected chi connectivity index (χ1v) is 6.32. The number of pyridine rings is 1. The first-order chi connectivity index (χ1) is 8.27. The van der Waals surface area contributed by atoms with Crippen LogP contribution in [0.2, 0.25) is 0 Å². The second-order valence-electron chi connectivity index (χ2n) is 4.15. The molecule has 0 saturated heterocycles. The lowest BCUT2D eigenvalue weighted by Gasteiger charge is -2.05. The van der Waals surface area contributed by atoms with Gasteiger partial charge in [0.25, 0.3) is 0 Å². The lowest BCUT2D eigenvalue weighted by atomic mass is 10.2. The minimum Gasteiger partial charge on any atom is -0.488 e. The molecule has 0 amide bonds. The molecule has 1 aromatic rings. The summed E-state index contributed by atoms with van der Waals surface area (Å²) in [5.74, 6) is 0.387. The van der Waals surface area contributed by atoms with Gasteiger partial charge in [-0.2, -0.15) is 0 Å². The Kier molecular flexibility index (Phi) is 6.40. The van der Waals surface area contributed by atoms with Crippen molar-refractivity contribution < 1.29 is 4.74 Å². The number of hydrogen-bond acceptors (Lipinski definition) is 3. The van der Waals surface area contributed by atoms with Gasteiger partial charge in [0.2, 0.25) is 5.43 Å². The highest BCUT2D eigenvalue weighted by atomic mass is 16.5. The molecule has 17 heavy (non-hydrogen) atoms. The average molecular weight is 238 g/mol. The number of unbranched alkanes of at least 4 members (excludes halogenated alkanes) is 4. The number of nitrogens with two attached hydrogens (primary N) is 1. The van der Waals surface area contributed by atoms with E-state index in [0.717, 1.165) is 18.5 Å². The quantitative estimate of drug-likeness (QED) is 0.682. The van der Waals surface area contributed by atoms with Crippen molar-refractivity contribution >= 4 is 0 Å². The summed E-state index contributed by atoms with van der Waals surface area (Å²) in [5, 5.41) is 0. The zero-order chi connectivity index (χ0) is 12.5. The molecular formula is C13H22N2O2. The molecule has 4 heteroatoms. The maximum atomic E-state index is 11.6. The summed E-state index contributed by atoms with van der Waals surface area (Å²) in [6.45, 7) is 3.14. The Bertz CT molecular complexity index is 374. The van der Waals surface area contributed by atoms with Crippen LogP contribution in [-0.4, -0.2) is 11.6 Å². The van der Waals surface area contributed by atoms with E-state index in [9.17, 15) is 4.79 Å². The van der Waals surface area contributed by atoms with E-state index in [1.807, 2.05) is 0 Å². The summed E-state index contributed by atoms with van der Waals surface area (Å²) in [7, 11) is 0. The highest BCUT2D eigenvalue weighted by molar-refractivity contribution is 5.20. The van der Waals surface area contributed by atoms with Gasteiger partial charge in [-0.3, -0.25) is 4.79 Å². The predicted molar refractivity (Wildman–Crippen MR) is 69.2 cm³/mol. The van der Waals surface area contributed by atoms with Crippen LogP contribution in [0.15, 0.2) is 17.1 Å². The van der Waals surface area contributed by atoms with E-state index in [0.29, 0.717) is 18.9 Å². The Balaban J connectivity index is 2.29. The summed E-state index contributed by atoms with van der Waals surface area (Å²) >= 11 is 0. The van der Waals surface area contributed by atoms with Crippen molar-refractivity contribution in [2.24, 2.45) is 5.73 Å². The van der Waals surface area contributed by atoms with Crippen molar-refractivity contribution in [3.05, 3.63) is 28.2 Å². The van der Waals surface area contributed by atoms with E-state index in [1.54, 1.807) is 6.20 Å². The molecule has 0 fully saturated rings. The molecule has 0 aromatic carbocycles. The average Bonchev–Trinajstić information content (AvgIpc) is 2.35. The molecule has 0 unspecified atom stereocenters. The fraction of sp³-hybridized carbons (Fsp3) is 0.615. The van der Waals surface area contributed by atoms with E-state index in [4.69, 9.17) is 10.5 Å². The Labute approximate surface area is 102 Å². The SMILES string of the molecule is CCCCCCCOc1c[nH]c(CN)cc1=O. The van der Waals surface area contributed by atoms with Crippen LogP contribution in [0.4, 0.5) is 0 Å². The number of aromatic amines is 1. The van der Waals surface area contributed by atoms with Gasteiger partial charge in [-0.05, 0) is 6.42 Å². The van der Waals surface area contributed by atoms with Crippen molar-refractivity contribution in [2.45, 2.75) is 45.6 Å². The van der Waals surface area contributed by atoms with Gasteiger partial charge in [-0.1, -0.05) is 32.6 Å². The summed E-state index contributed by atoms with van der Waals surface area (Å²) in [6.07, 6.45) is 7.50. The minimum absolute atomic E-state index is 0.0993. The van der Waals surface area contributed by atoms with Crippen LogP contribution in [0.5, 0.6) is 5.75 Å². The lowest BCUT2D eigenvalue weighted by Crippen LogP contribution is -2.12. The van der Waals surface area contributed by atoms with Crippen molar-refractivity contribution in [3.63, 3.8) is 0 Å². The van der Waals surface area contributed by atoms with Gasteiger partial charge in [0.05, 0.1) is 6.61 Å². The van der Waals surface area contributed by atoms with Crippen LogP contribution in [0.1, 0.15) is 44.7 Å². The van der Waals surface area contributed by atoms with Gasteiger partial charge in [-0.15, -0.1) is 0 Å². The molecule has 3 N–H and O–H groups in total. The molecule has 0 atom stereocenters. The first-order valence-electron chi connectivity index (χ1n) is 6.32. The van der Waals surface area contributed by atoms with Crippen LogP contribution in [0, 0.1) is 0 Å². The van der Waals surface area contributed by atoms with Gasteiger partial charge < -0.3 is 15.5 Å². The zero-order valence-corrected chi connectivity index (χ0v) is 10.5. The Hall–Kier alpha value is -1.29. The smallest absolute Gasteiger partial charge is 0.223 e. The zero-order valence-electron chi connectivity index (χ0n) is 10.5. The monoisotopic (exact) mass is 238 g/mol. The van der Waals surface area contributed by atoms with Gasteiger partial charge in [0, 0.05) is 24.5 Å². The number of ether oxygens (including phenoxy) is 1. The van der Waals surface area contributed by atoms with Crippen LogP contribution >= 0.6 is 0 Å². The molecule has 0 saturated carbocycles. The third-order valence-electron chi connectivity index (χ3n) is 2.66. The van der Waals surface area contributed by atoms with Crippen LogP contribution in [0.3, 0.4) is 0 Å². The summed E-state index contributed by atoms with van der Waals surface area (Å²) in [4.78, 5) is 14.5. The largest absolute Gasteiger partial charge is 0.488 e. The molecule has 0 spiro atoms. The van der Waals surface area contributed by atoms with Gasteiger partial charge >= 0.3 is 0 Å². The van der Waals surface area contributed by atoms with Crippen molar-refractivity contribution in [1.29, 1.82) is 0 Å². The summed E-state index contributed by atoms with van der Waals surface area (Å²) in [6, 6.07) is 1.49. The molecule has 1 heterocycles. The van der Waals surface area contributed by atoms with Gasteiger partial charge in [-0.25, -0.2) is 0 Å². The van der Waals surface area contributed by atoms with E-state index >= 15 is 0 Å². The number of H-pyrrole nitrogens is 1. The third kappa shape index (κ3) is 5.04. The highest BCUT2D eigenvalue weighted by Gasteiger charge is 2.01.